The van der Waals surface area contributed by atoms with Crippen LogP contribution in [0.15, 0.2) is 41.9 Å². The van der Waals surface area contributed by atoms with Crippen LogP contribution in [-0.2, 0) is 0 Å². The van der Waals surface area contributed by atoms with E-state index in [4.69, 9.17) is 27.4 Å². The molecule has 2 rings (SSSR count). The number of hydrogen-bond donors (Lipinski definition) is 1. The van der Waals surface area contributed by atoms with Crippen molar-refractivity contribution in [2.45, 2.75) is 6.92 Å². The highest BCUT2D eigenvalue weighted by molar-refractivity contribution is 6.31. The SMILES string of the molecule is Cc1cnn(-c2ccc(Cl)cc2NC(C#N)=C(C#N)C#N)c1. The number of hydrogen-bond acceptors (Lipinski definition) is 5. The molecule has 0 unspecified atom stereocenters. The lowest BCUT2D eigenvalue weighted by Gasteiger charge is -2.11. The molecule has 1 heterocycles. The lowest BCUT2D eigenvalue weighted by molar-refractivity contribution is 0.881. The molecule has 0 spiro atoms. The van der Waals surface area contributed by atoms with Crippen LogP contribution in [0.2, 0.25) is 5.02 Å². The average molecular weight is 309 g/mol. The molecular weight excluding hydrogens is 300 g/mol. The van der Waals surface area contributed by atoms with Gasteiger partial charge >= 0.3 is 0 Å². The lowest BCUT2D eigenvalue weighted by atomic mass is 10.2. The first-order valence-corrected chi connectivity index (χ1v) is 6.49. The van der Waals surface area contributed by atoms with Crippen LogP contribution in [-0.4, -0.2) is 9.78 Å². The predicted octanol–water partition coefficient (Wildman–Crippen LogP) is 3.07. The highest BCUT2D eigenvalue weighted by Gasteiger charge is 2.11. The second kappa shape index (κ2) is 6.45. The number of nitrogens with one attached hydrogen (secondary N) is 1. The Hall–Kier alpha value is -3.27. The van der Waals surface area contributed by atoms with Gasteiger partial charge in [-0.05, 0) is 30.7 Å². The first-order chi connectivity index (χ1) is 10.6. The fourth-order valence-corrected chi connectivity index (χ4v) is 1.94. The Bertz CT molecular complexity index is 857. The summed E-state index contributed by atoms with van der Waals surface area (Å²) in [6.45, 7) is 1.90. The number of rotatable bonds is 3. The number of aromatic nitrogens is 2. The minimum atomic E-state index is -0.301. The normalized spacial score (nSPS) is 9.23. The first-order valence-electron chi connectivity index (χ1n) is 6.12. The molecule has 0 atom stereocenters. The van der Waals surface area contributed by atoms with E-state index in [0.29, 0.717) is 16.4 Å². The van der Waals surface area contributed by atoms with Gasteiger partial charge in [0.25, 0.3) is 0 Å². The van der Waals surface area contributed by atoms with E-state index < -0.39 is 0 Å². The first kappa shape index (κ1) is 15.1. The summed E-state index contributed by atoms with van der Waals surface area (Å²) in [4.78, 5) is 0. The zero-order valence-electron chi connectivity index (χ0n) is 11.5. The molecule has 2 aromatic rings. The van der Waals surface area contributed by atoms with Crippen LogP contribution in [0.1, 0.15) is 5.56 Å². The molecule has 0 fully saturated rings. The van der Waals surface area contributed by atoms with Crippen molar-refractivity contribution < 1.29 is 0 Å². The van der Waals surface area contributed by atoms with Gasteiger partial charge in [0.1, 0.15) is 23.9 Å². The van der Waals surface area contributed by atoms with Crippen molar-refractivity contribution in [1.82, 2.24) is 9.78 Å². The van der Waals surface area contributed by atoms with E-state index >= 15 is 0 Å². The van der Waals surface area contributed by atoms with Gasteiger partial charge in [-0.1, -0.05) is 11.6 Å². The second-order valence-corrected chi connectivity index (χ2v) is 4.77. The monoisotopic (exact) mass is 308 g/mol. The Morgan fingerprint density at radius 3 is 2.50 bits per heavy atom. The van der Waals surface area contributed by atoms with Crippen LogP contribution >= 0.6 is 11.6 Å². The molecule has 1 N–H and O–H groups in total. The Morgan fingerprint density at radius 2 is 1.95 bits per heavy atom. The van der Waals surface area contributed by atoms with Crippen molar-refractivity contribution in [3.05, 3.63) is 52.4 Å². The second-order valence-electron chi connectivity index (χ2n) is 4.33. The molecule has 0 aliphatic carbocycles. The van der Waals surface area contributed by atoms with Crippen molar-refractivity contribution >= 4 is 17.3 Å². The summed E-state index contributed by atoms with van der Waals surface area (Å²) in [5.74, 6) is 0. The van der Waals surface area contributed by atoms with Gasteiger partial charge in [-0.15, -0.1) is 0 Å². The molecule has 7 heteroatoms. The van der Waals surface area contributed by atoms with Crippen LogP contribution < -0.4 is 5.32 Å². The van der Waals surface area contributed by atoms with Crippen molar-refractivity contribution in [1.29, 1.82) is 15.8 Å². The minimum absolute atomic E-state index is 0.141. The molecule has 0 bridgehead atoms. The largest absolute Gasteiger partial charge is 0.343 e. The molecule has 1 aromatic heterocycles. The van der Waals surface area contributed by atoms with E-state index in [1.807, 2.05) is 6.92 Å². The molecule has 1 aromatic carbocycles. The number of nitrogens with zero attached hydrogens (tertiary/aromatic N) is 5. The van der Waals surface area contributed by atoms with Crippen LogP contribution in [0.25, 0.3) is 5.69 Å². The van der Waals surface area contributed by atoms with Gasteiger partial charge in [0, 0.05) is 11.2 Å². The Morgan fingerprint density at radius 1 is 1.23 bits per heavy atom. The number of allylic oxidation sites excluding steroid dienone is 2. The van der Waals surface area contributed by atoms with E-state index in [0.717, 1.165) is 5.56 Å². The van der Waals surface area contributed by atoms with Crippen LogP contribution in [0.4, 0.5) is 5.69 Å². The molecule has 0 amide bonds. The number of nitriles is 3. The molecule has 0 saturated carbocycles. The third-order valence-corrected chi connectivity index (χ3v) is 3.00. The molecule has 6 nitrogen and oxygen atoms in total. The quantitative estimate of drug-likeness (QED) is 0.878. The number of anilines is 1. The van der Waals surface area contributed by atoms with Gasteiger partial charge < -0.3 is 5.32 Å². The fraction of sp³-hybridized carbons (Fsp3) is 0.0667. The molecular formula is C15H9ClN6. The number of aryl methyl sites for hydroxylation is 1. The molecule has 106 valence electrons. The summed E-state index contributed by atoms with van der Waals surface area (Å²) in [6.07, 6.45) is 3.50. The maximum absolute atomic E-state index is 9.13. The van der Waals surface area contributed by atoms with Crippen molar-refractivity contribution in [3.8, 4) is 23.9 Å². The zero-order valence-corrected chi connectivity index (χ0v) is 12.3. The maximum atomic E-state index is 9.13. The van der Waals surface area contributed by atoms with Crippen molar-refractivity contribution in [2.75, 3.05) is 5.32 Å². The summed E-state index contributed by atoms with van der Waals surface area (Å²) in [5.41, 5.74) is 1.63. The van der Waals surface area contributed by atoms with E-state index in [2.05, 4.69) is 10.4 Å². The number of halogens is 1. The Labute approximate surface area is 132 Å². The molecule has 0 radical (unpaired) electrons. The summed E-state index contributed by atoms with van der Waals surface area (Å²) < 4.78 is 1.61. The lowest BCUT2D eigenvalue weighted by Crippen LogP contribution is -2.05. The third-order valence-electron chi connectivity index (χ3n) is 2.76. The van der Waals surface area contributed by atoms with Gasteiger partial charge in [0.2, 0.25) is 0 Å². The molecule has 22 heavy (non-hydrogen) atoms. The van der Waals surface area contributed by atoms with E-state index in [1.54, 1.807) is 53.5 Å². The topological polar surface area (TPSA) is 101 Å². The van der Waals surface area contributed by atoms with E-state index in [9.17, 15) is 0 Å². The number of benzene rings is 1. The zero-order chi connectivity index (χ0) is 16.1. The van der Waals surface area contributed by atoms with Gasteiger partial charge in [0.15, 0.2) is 5.57 Å². The van der Waals surface area contributed by atoms with Crippen LogP contribution in [0.5, 0.6) is 0 Å². The highest BCUT2D eigenvalue weighted by atomic mass is 35.5. The van der Waals surface area contributed by atoms with Gasteiger partial charge in [-0.25, -0.2) is 4.68 Å². The molecule has 0 aliphatic heterocycles. The highest BCUT2D eigenvalue weighted by Crippen LogP contribution is 2.26. The third kappa shape index (κ3) is 3.07. The molecule has 0 saturated heterocycles. The fourth-order valence-electron chi connectivity index (χ4n) is 1.77. The van der Waals surface area contributed by atoms with Crippen LogP contribution in [0, 0.1) is 40.9 Å². The maximum Gasteiger partial charge on any atom is 0.163 e. The van der Waals surface area contributed by atoms with Crippen molar-refractivity contribution in [3.63, 3.8) is 0 Å². The predicted molar refractivity (Wildman–Crippen MR) is 80.8 cm³/mol. The van der Waals surface area contributed by atoms with E-state index in [1.165, 1.54) is 0 Å². The summed E-state index contributed by atoms with van der Waals surface area (Å²) in [7, 11) is 0. The minimum Gasteiger partial charge on any atom is -0.343 e. The van der Waals surface area contributed by atoms with E-state index in [-0.39, 0.29) is 11.3 Å². The van der Waals surface area contributed by atoms with Crippen LogP contribution in [0.3, 0.4) is 0 Å². The van der Waals surface area contributed by atoms with Crippen molar-refractivity contribution in [2.24, 2.45) is 0 Å². The summed E-state index contributed by atoms with van der Waals surface area (Å²) >= 11 is 5.98. The smallest absolute Gasteiger partial charge is 0.163 e. The Kier molecular flexibility index (Phi) is 4.44. The van der Waals surface area contributed by atoms with Gasteiger partial charge in [0.05, 0.1) is 17.6 Å². The summed E-state index contributed by atoms with van der Waals surface area (Å²) in [5, 5.41) is 34.3. The van der Waals surface area contributed by atoms with Gasteiger partial charge in [-0.2, -0.15) is 20.9 Å². The Balaban J connectivity index is 2.55. The molecule has 0 aliphatic rings. The average Bonchev–Trinajstić information content (AvgIpc) is 2.93. The standard InChI is InChI=1S/C15H9ClN6/c1-10-8-20-22(9-10)15-3-2-12(16)4-13(15)21-14(7-19)11(5-17)6-18/h2-4,8-9,21H,1H3. The van der Waals surface area contributed by atoms with Gasteiger partial charge in [-0.3, -0.25) is 0 Å². The summed E-state index contributed by atoms with van der Waals surface area (Å²) in [6, 6.07) is 10.2.